The molecule has 64 valence electrons. The van der Waals surface area contributed by atoms with E-state index in [-0.39, 0.29) is 0 Å². The summed E-state index contributed by atoms with van der Waals surface area (Å²) < 4.78 is 0. The Morgan fingerprint density at radius 2 is 1.00 bits per heavy atom. The molecule has 0 unspecified atom stereocenters. The first-order valence-corrected chi connectivity index (χ1v) is 8.80. The summed E-state index contributed by atoms with van der Waals surface area (Å²) in [7, 11) is 0. The van der Waals surface area contributed by atoms with Crippen LogP contribution in [0.3, 0.4) is 0 Å². The normalized spacial score (nSPS) is 11.8. The third-order valence-electron chi connectivity index (χ3n) is 0.167. The molecule has 2 nitrogen and oxygen atoms in total. The maximum atomic E-state index is 4.90. The Balaban J connectivity index is 0. The standard InChI is InChI=1S/C2H8N2.4CH3.Pd/c3-1-2-4;;;;;/h1-4H2;4*1H3;. The van der Waals surface area contributed by atoms with Gasteiger partial charge in [-0.05, 0) is 0 Å². The number of hydrogen-bond donors (Lipinski definition) is 2. The van der Waals surface area contributed by atoms with Gasteiger partial charge in [-0.3, -0.25) is 0 Å². The molecule has 0 rings (SSSR count). The zero-order valence-electron chi connectivity index (χ0n) is 6.89. The van der Waals surface area contributed by atoms with E-state index in [1.165, 1.54) is 0 Å². The molecule has 0 saturated heterocycles. The Hall–Kier alpha value is 0.582. The monoisotopic (exact) mass is 226 g/mol. The van der Waals surface area contributed by atoms with Crippen LogP contribution in [-0.2, 0) is 15.5 Å². The maximum absolute atomic E-state index is 4.90. The van der Waals surface area contributed by atoms with Crippen LogP contribution in [0.2, 0.25) is 21.6 Å². The molecular weight excluding hydrogens is 206 g/mol. The summed E-state index contributed by atoms with van der Waals surface area (Å²) in [5.74, 6) is 0. The van der Waals surface area contributed by atoms with E-state index < -0.39 is 15.5 Å². The van der Waals surface area contributed by atoms with Gasteiger partial charge in [-0.25, -0.2) is 0 Å². The molecule has 3 heteroatoms. The van der Waals surface area contributed by atoms with Crippen LogP contribution in [-0.4, -0.2) is 13.1 Å². The summed E-state index contributed by atoms with van der Waals surface area (Å²) >= 11 is -0.700. The number of nitrogens with two attached hydrogens (primary N) is 2. The predicted octanol–water partition coefficient (Wildman–Crippen LogP) is 1.24. The van der Waals surface area contributed by atoms with E-state index in [1.54, 1.807) is 0 Å². The van der Waals surface area contributed by atoms with Crippen molar-refractivity contribution >= 4 is 0 Å². The summed E-state index contributed by atoms with van der Waals surface area (Å²) in [5.41, 5.74) is 9.81. The van der Waals surface area contributed by atoms with Crippen LogP contribution in [0.25, 0.3) is 0 Å². The van der Waals surface area contributed by atoms with E-state index in [2.05, 4.69) is 21.6 Å². The SMILES string of the molecule is NCCN.[CH3][Pd]([CH3])([CH3])[CH3]. The minimum absolute atomic E-state index is 0.597. The Kier molecular flexibility index (Phi) is 9.14. The Labute approximate surface area is 62.0 Å². The average molecular weight is 227 g/mol. The third-order valence-corrected chi connectivity index (χ3v) is 0.167. The van der Waals surface area contributed by atoms with Crippen LogP contribution < -0.4 is 11.5 Å². The van der Waals surface area contributed by atoms with Gasteiger partial charge in [0.2, 0.25) is 0 Å². The van der Waals surface area contributed by atoms with Crippen molar-refractivity contribution in [2.24, 2.45) is 11.5 Å². The fraction of sp³-hybridized carbons (Fsp3) is 1.00. The Bertz CT molecular complexity index is 41.5. The molecule has 0 aromatic carbocycles. The molecule has 0 aliphatic carbocycles. The van der Waals surface area contributed by atoms with Crippen LogP contribution in [0.4, 0.5) is 0 Å². The summed E-state index contributed by atoms with van der Waals surface area (Å²) in [4.78, 5) is 0. The van der Waals surface area contributed by atoms with E-state index in [0.717, 1.165) is 0 Å². The fourth-order valence-electron chi connectivity index (χ4n) is 0. The minimum atomic E-state index is -0.700. The van der Waals surface area contributed by atoms with Crippen molar-refractivity contribution in [3.8, 4) is 0 Å². The van der Waals surface area contributed by atoms with Crippen LogP contribution in [0.15, 0.2) is 0 Å². The van der Waals surface area contributed by atoms with Gasteiger partial charge in [0, 0.05) is 13.1 Å². The van der Waals surface area contributed by atoms with Gasteiger partial charge in [0.25, 0.3) is 0 Å². The van der Waals surface area contributed by atoms with Crippen molar-refractivity contribution in [3.05, 3.63) is 0 Å². The van der Waals surface area contributed by atoms with Crippen molar-refractivity contribution in [3.63, 3.8) is 0 Å². The zero-order chi connectivity index (χ0) is 7.91. The number of rotatable bonds is 1. The molecule has 0 heterocycles. The molecule has 0 bridgehead atoms. The first-order chi connectivity index (χ1) is 3.91. The van der Waals surface area contributed by atoms with Gasteiger partial charge >= 0.3 is 37.1 Å². The molecule has 0 radical (unpaired) electrons. The van der Waals surface area contributed by atoms with Gasteiger partial charge in [0.05, 0.1) is 0 Å². The molecule has 4 N–H and O–H groups in total. The van der Waals surface area contributed by atoms with E-state index in [4.69, 9.17) is 11.5 Å². The molecule has 0 aromatic heterocycles. The van der Waals surface area contributed by atoms with Crippen LogP contribution in [0, 0.1) is 0 Å². The van der Waals surface area contributed by atoms with Crippen molar-refractivity contribution in [2.45, 2.75) is 21.6 Å². The first kappa shape index (κ1) is 12.3. The summed E-state index contributed by atoms with van der Waals surface area (Å²) in [6.07, 6.45) is 0. The van der Waals surface area contributed by atoms with E-state index in [1.807, 2.05) is 0 Å². The molecular formula is C6H20N2Pd. The zero-order valence-corrected chi connectivity index (χ0v) is 8.44. The van der Waals surface area contributed by atoms with Gasteiger partial charge in [-0.1, -0.05) is 0 Å². The van der Waals surface area contributed by atoms with E-state index in [9.17, 15) is 0 Å². The molecule has 0 spiro atoms. The summed E-state index contributed by atoms with van der Waals surface area (Å²) in [6.45, 7) is 1.19. The van der Waals surface area contributed by atoms with E-state index in [0.29, 0.717) is 13.1 Å². The third kappa shape index (κ3) is 149. The molecule has 9 heavy (non-hydrogen) atoms. The van der Waals surface area contributed by atoms with Gasteiger partial charge in [-0.2, -0.15) is 0 Å². The second-order valence-electron chi connectivity index (χ2n) is 2.47. The van der Waals surface area contributed by atoms with Crippen LogP contribution >= 0.6 is 0 Å². The van der Waals surface area contributed by atoms with E-state index >= 15 is 0 Å². The topological polar surface area (TPSA) is 52.0 Å². The van der Waals surface area contributed by atoms with Crippen molar-refractivity contribution < 1.29 is 15.5 Å². The molecule has 0 aliphatic heterocycles. The van der Waals surface area contributed by atoms with Gasteiger partial charge in [0.15, 0.2) is 0 Å². The first-order valence-electron chi connectivity index (χ1n) is 2.58. The van der Waals surface area contributed by atoms with Crippen molar-refractivity contribution in [1.82, 2.24) is 0 Å². The second kappa shape index (κ2) is 6.70. The quantitative estimate of drug-likeness (QED) is 0.661. The van der Waals surface area contributed by atoms with Gasteiger partial charge in [-0.15, -0.1) is 0 Å². The van der Waals surface area contributed by atoms with Crippen LogP contribution in [0.5, 0.6) is 0 Å². The summed E-state index contributed by atoms with van der Waals surface area (Å²) in [6, 6.07) is 0. The van der Waals surface area contributed by atoms with Crippen molar-refractivity contribution in [2.75, 3.05) is 13.1 Å². The Morgan fingerprint density at radius 3 is 1.00 bits per heavy atom. The van der Waals surface area contributed by atoms with Crippen LogP contribution in [0.1, 0.15) is 0 Å². The predicted molar refractivity (Wildman–Crippen MR) is 41.6 cm³/mol. The average Bonchev–Trinajstić information content (AvgIpc) is 1.61. The van der Waals surface area contributed by atoms with Gasteiger partial charge in [0.1, 0.15) is 0 Å². The molecule has 0 aromatic rings. The molecule has 0 amide bonds. The van der Waals surface area contributed by atoms with Gasteiger partial charge < -0.3 is 11.5 Å². The number of hydrogen-bond acceptors (Lipinski definition) is 2. The summed E-state index contributed by atoms with van der Waals surface area (Å²) in [5, 5.41) is 9.35. The molecule has 0 aliphatic rings. The Morgan fingerprint density at radius 1 is 0.889 bits per heavy atom. The fourth-order valence-corrected chi connectivity index (χ4v) is 0. The second-order valence-corrected chi connectivity index (χ2v) is 11.8. The molecule has 0 fully saturated rings. The van der Waals surface area contributed by atoms with Crippen molar-refractivity contribution in [1.29, 1.82) is 0 Å². The molecule has 0 saturated carbocycles. The molecule has 0 atom stereocenters.